The lowest BCUT2D eigenvalue weighted by Crippen LogP contribution is -2.42. The molecule has 0 aromatic heterocycles. The van der Waals surface area contributed by atoms with Gasteiger partial charge >= 0.3 is 0 Å². The lowest BCUT2D eigenvalue weighted by Gasteiger charge is -2.37. The van der Waals surface area contributed by atoms with E-state index in [0.717, 1.165) is 40.4 Å². The summed E-state index contributed by atoms with van der Waals surface area (Å²) in [5.74, 6) is 0.817. The average molecular weight is 425 g/mol. The van der Waals surface area contributed by atoms with Gasteiger partial charge in [-0.25, -0.2) is 0 Å². The van der Waals surface area contributed by atoms with Crippen LogP contribution in [0.3, 0.4) is 0 Å². The van der Waals surface area contributed by atoms with Gasteiger partial charge in [0.2, 0.25) is 0 Å². The van der Waals surface area contributed by atoms with Gasteiger partial charge in [-0.3, -0.25) is 9.79 Å². The van der Waals surface area contributed by atoms with E-state index in [1.165, 1.54) is 0 Å². The molecule has 5 rings (SSSR count). The summed E-state index contributed by atoms with van der Waals surface area (Å²) in [6.07, 6.45) is 1.40. The summed E-state index contributed by atoms with van der Waals surface area (Å²) in [6, 6.07) is 26.2. The fourth-order valence-electron chi connectivity index (χ4n) is 4.80. The first-order valence-corrected chi connectivity index (χ1v) is 11.2. The molecule has 3 aromatic carbocycles. The van der Waals surface area contributed by atoms with Crippen molar-refractivity contribution in [1.29, 1.82) is 0 Å². The van der Waals surface area contributed by atoms with E-state index in [0.29, 0.717) is 13.0 Å². The third kappa shape index (κ3) is 4.18. The van der Waals surface area contributed by atoms with E-state index in [1.54, 1.807) is 0 Å². The molecule has 0 unspecified atom stereocenters. The van der Waals surface area contributed by atoms with Crippen molar-refractivity contribution in [2.75, 3.05) is 5.32 Å². The number of rotatable bonds is 4. The number of Topliss-reactive ketones (excluding diaryl/α,β-unsaturated/α-hetero) is 1. The Morgan fingerprint density at radius 2 is 1.66 bits per heavy atom. The van der Waals surface area contributed by atoms with Gasteiger partial charge in [0.1, 0.15) is 18.1 Å². The molecule has 0 saturated heterocycles. The van der Waals surface area contributed by atoms with E-state index in [4.69, 9.17) is 9.73 Å². The maximum atomic E-state index is 13.3. The normalized spacial score (nSPS) is 21.4. The quantitative estimate of drug-likeness (QED) is 0.519. The SMILES string of the molecule is CC1(C)CC(=O)[C@@H]2C(=Nc3ccccc3N[C@H]2c2ccc(OCc3ccccc3)cc2)C1. The second-order valence-corrected chi connectivity index (χ2v) is 9.55. The van der Waals surface area contributed by atoms with Crippen LogP contribution in [0.15, 0.2) is 83.9 Å². The first-order chi connectivity index (χ1) is 15.5. The van der Waals surface area contributed by atoms with E-state index in [9.17, 15) is 4.79 Å². The number of hydrogen-bond donors (Lipinski definition) is 1. The Bertz CT molecular complexity index is 1150. The molecule has 1 fully saturated rings. The molecular formula is C28H28N2O2. The molecule has 3 aromatic rings. The van der Waals surface area contributed by atoms with E-state index < -0.39 is 0 Å². The van der Waals surface area contributed by atoms with Crippen molar-refractivity contribution in [2.24, 2.45) is 16.3 Å². The summed E-state index contributed by atoms with van der Waals surface area (Å²) in [6.45, 7) is 4.84. The second kappa shape index (κ2) is 8.27. The zero-order chi connectivity index (χ0) is 22.1. The zero-order valence-electron chi connectivity index (χ0n) is 18.5. The highest BCUT2D eigenvalue weighted by molar-refractivity contribution is 6.10. The summed E-state index contributed by atoms with van der Waals surface area (Å²) in [4.78, 5) is 18.3. The number of benzene rings is 3. The van der Waals surface area contributed by atoms with Gasteiger partial charge in [-0.1, -0.05) is 68.4 Å². The largest absolute Gasteiger partial charge is 0.489 e. The van der Waals surface area contributed by atoms with E-state index >= 15 is 0 Å². The van der Waals surface area contributed by atoms with Crippen LogP contribution < -0.4 is 10.1 Å². The molecule has 1 saturated carbocycles. The summed E-state index contributed by atoms with van der Waals surface area (Å²) < 4.78 is 5.96. The van der Waals surface area contributed by atoms with Gasteiger partial charge in [-0.15, -0.1) is 0 Å². The molecule has 2 atom stereocenters. The minimum absolute atomic E-state index is 0.0641. The molecule has 1 aliphatic heterocycles. The highest BCUT2D eigenvalue weighted by Gasteiger charge is 2.43. The lowest BCUT2D eigenvalue weighted by atomic mass is 9.68. The summed E-state index contributed by atoms with van der Waals surface area (Å²) in [5, 5.41) is 3.63. The molecule has 4 nitrogen and oxygen atoms in total. The molecule has 1 heterocycles. The third-order valence-electron chi connectivity index (χ3n) is 6.32. The topological polar surface area (TPSA) is 50.7 Å². The number of nitrogens with one attached hydrogen (secondary N) is 1. The predicted molar refractivity (Wildman–Crippen MR) is 129 cm³/mol. The van der Waals surface area contributed by atoms with Crippen LogP contribution >= 0.6 is 0 Å². The van der Waals surface area contributed by atoms with Crippen molar-refractivity contribution in [1.82, 2.24) is 0 Å². The summed E-state index contributed by atoms with van der Waals surface area (Å²) in [7, 11) is 0. The van der Waals surface area contributed by atoms with Crippen LogP contribution in [0.25, 0.3) is 0 Å². The van der Waals surface area contributed by atoms with Crippen molar-refractivity contribution < 1.29 is 9.53 Å². The highest BCUT2D eigenvalue weighted by Crippen LogP contribution is 2.45. The van der Waals surface area contributed by atoms with Gasteiger partial charge in [0.15, 0.2) is 0 Å². The number of nitrogens with zero attached hydrogens (tertiary/aromatic N) is 1. The molecule has 4 heteroatoms. The molecule has 32 heavy (non-hydrogen) atoms. The number of aliphatic imine (C=N–C) groups is 1. The van der Waals surface area contributed by atoms with Gasteiger partial charge in [-0.05, 0) is 47.2 Å². The standard InChI is InChI=1S/C28H28N2O2/c1-28(2)16-24-26(25(31)17-28)27(30-23-11-7-6-10-22(23)29-24)20-12-14-21(15-13-20)32-18-19-8-4-3-5-9-19/h3-15,26-27,30H,16-18H2,1-2H3/t26-,27-/m0/s1. The predicted octanol–water partition coefficient (Wildman–Crippen LogP) is 6.51. The van der Waals surface area contributed by atoms with Crippen molar-refractivity contribution >= 4 is 22.9 Å². The van der Waals surface area contributed by atoms with Crippen LogP contribution in [-0.4, -0.2) is 11.5 Å². The van der Waals surface area contributed by atoms with E-state index in [-0.39, 0.29) is 23.2 Å². The van der Waals surface area contributed by atoms with Gasteiger partial charge in [0, 0.05) is 12.1 Å². The molecule has 0 radical (unpaired) electrons. The fourth-order valence-corrected chi connectivity index (χ4v) is 4.80. The summed E-state index contributed by atoms with van der Waals surface area (Å²) >= 11 is 0. The number of carbonyl (C=O) groups excluding carboxylic acids is 1. The molecule has 1 aliphatic carbocycles. The highest BCUT2D eigenvalue weighted by atomic mass is 16.5. The molecule has 2 aliphatic rings. The minimum Gasteiger partial charge on any atom is -0.489 e. The van der Waals surface area contributed by atoms with Crippen molar-refractivity contribution in [2.45, 2.75) is 39.3 Å². The lowest BCUT2D eigenvalue weighted by molar-refractivity contribution is -0.124. The number of fused-ring (bicyclic) bond motifs is 2. The number of hydrogen-bond acceptors (Lipinski definition) is 4. The Balaban J connectivity index is 1.44. The molecule has 1 N–H and O–H groups in total. The third-order valence-corrected chi connectivity index (χ3v) is 6.32. The Labute approximate surface area is 189 Å². The van der Waals surface area contributed by atoms with Crippen LogP contribution in [0.1, 0.15) is 43.9 Å². The maximum absolute atomic E-state index is 13.3. The van der Waals surface area contributed by atoms with Gasteiger partial charge < -0.3 is 10.1 Å². The van der Waals surface area contributed by atoms with Gasteiger partial charge in [0.05, 0.1) is 23.3 Å². The first kappa shape index (κ1) is 20.5. The monoisotopic (exact) mass is 424 g/mol. The Kier molecular flexibility index (Phi) is 5.30. The average Bonchev–Trinajstić information content (AvgIpc) is 2.94. The molecule has 0 amide bonds. The van der Waals surface area contributed by atoms with Crippen LogP contribution in [-0.2, 0) is 11.4 Å². The van der Waals surface area contributed by atoms with Gasteiger partial charge in [0.25, 0.3) is 0 Å². The number of anilines is 1. The number of carbonyl (C=O) groups is 1. The maximum Gasteiger partial charge on any atom is 0.144 e. The van der Waals surface area contributed by atoms with E-state index in [1.807, 2.05) is 54.6 Å². The van der Waals surface area contributed by atoms with Crippen molar-refractivity contribution in [3.05, 3.63) is 90.0 Å². The molecule has 162 valence electrons. The van der Waals surface area contributed by atoms with Crippen LogP contribution in [0.4, 0.5) is 11.4 Å². The smallest absolute Gasteiger partial charge is 0.144 e. The fraction of sp³-hybridized carbons (Fsp3) is 0.286. The van der Waals surface area contributed by atoms with Gasteiger partial charge in [-0.2, -0.15) is 0 Å². The van der Waals surface area contributed by atoms with E-state index in [2.05, 4.69) is 43.4 Å². The van der Waals surface area contributed by atoms with Crippen molar-refractivity contribution in [3.63, 3.8) is 0 Å². The second-order valence-electron chi connectivity index (χ2n) is 9.55. The van der Waals surface area contributed by atoms with Crippen LogP contribution in [0, 0.1) is 11.3 Å². The first-order valence-electron chi connectivity index (χ1n) is 11.2. The van der Waals surface area contributed by atoms with Crippen LogP contribution in [0.2, 0.25) is 0 Å². The number of ether oxygens (including phenoxy) is 1. The number of ketones is 1. The zero-order valence-corrected chi connectivity index (χ0v) is 18.5. The number of para-hydroxylation sites is 2. The Morgan fingerprint density at radius 3 is 2.44 bits per heavy atom. The minimum atomic E-state index is -0.258. The van der Waals surface area contributed by atoms with Crippen LogP contribution in [0.5, 0.6) is 5.75 Å². The van der Waals surface area contributed by atoms with Crippen molar-refractivity contribution in [3.8, 4) is 5.75 Å². The summed E-state index contributed by atoms with van der Waals surface area (Å²) in [5.41, 5.74) is 5.00. The Hall–Kier alpha value is -3.40. The molecular weight excluding hydrogens is 396 g/mol. The Morgan fingerprint density at radius 1 is 0.938 bits per heavy atom. The molecule has 0 bridgehead atoms. The molecule has 0 spiro atoms.